The van der Waals surface area contributed by atoms with Crippen LogP contribution in [0.2, 0.25) is 0 Å². The van der Waals surface area contributed by atoms with E-state index in [0.717, 1.165) is 16.9 Å². The molecule has 158 valence electrons. The highest BCUT2D eigenvalue weighted by Crippen LogP contribution is 2.28. The second-order valence-corrected chi connectivity index (χ2v) is 7.56. The number of amides is 5. The van der Waals surface area contributed by atoms with E-state index in [2.05, 4.69) is 10.6 Å². The van der Waals surface area contributed by atoms with E-state index in [9.17, 15) is 24.0 Å². The van der Waals surface area contributed by atoms with Crippen molar-refractivity contribution < 1.29 is 24.0 Å². The van der Waals surface area contributed by atoms with Crippen LogP contribution in [0.1, 0.15) is 62.0 Å². The monoisotopic (exact) mass is 419 g/mol. The third-order valence-electron chi connectivity index (χ3n) is 5.58. The number of fused-ring (bicyclic) bond motifs is 1. The lowest BCUT2D eigenvalue weighted by atomic mass is 10.0. The summed E-state index contributed by atoms with van der Waals surface area (Å²) in [5, 5.41) is 4.98. The van der Waals surface area contributed by atoms with Crippen molar-refractivity contribution in [3.05, 3.63) is 70.3 Å². The fourth-order valence-corrected chi connectivity index (χ4v) is 3.80. The summed E-state index contributed by atoms with van der Waals surface area (Å²) in [5.74, 6) is -2.43. The molecule has 0 spiro atoms. The van der Waals surface area contributed by atoms with Gasteiger partial charge in [0.1, 0.15) is 6.04 Å². The molecule has 0 saturated carbocycles. The Kier molecular flexibility index (Phi) is 5.37. The van der Waals surface area contributed by atoms with E-state index in [1.807, 2.05) is 19.1 Å². The van der Waals surface area contributed by atoms with Gasteiger partial charge in [0.25, 0.3) is 17.7 Å². The van der Waals surface area contributed by atoms with Gasteiger partial charge in [0.2, 0.25) is 11.8 Å². The molecule has 1 fully saturated rings. The van der Waals surface area contributed by atoms with Crippen molar-refractivity contribution in [3.8, 4) is 0 Å². The molecule has 2 aliphatic heterocycles. The zero-order chi connectivity index (χ0) is 22.1. The van der Waals surface area contributed by atoms with E-state index < -0.39 is 29.7 Å². The number of rotatable bonds is 5. The summed E-state index contributed by atoms with van der Waals surface area (Å²) in [7, 11) is 0. The zero-order valence-electron chi connectivity index (χ0n) is 16.9. The van der Waals surface area contributed by atoms with Crippen molar-refractivity contribution in [2.45, 2.75) is 38.8 Å². The minimum atomic E-state index is -1.00. The molecule has 2 aromatic rings. The van der Waals surface area contributed by atoms with Crippen molar-refractivity contribution in [1.29, 1.82) is 0 Å². The Bertz CT molecular complexity index is 1110. The Morgan fingerprint density at radius 1 is 1.00 bits per heavy atom. The lowest BCUT2D eigenvalue weighted by Crippen LogP contribution is -2.54. The van der Waals surface area contributed by atoms with Gasteiger partial charge in [-0.05, 0) is 48.2 Å². The maximum absolute atomic E-state index is 12.9. The van der Waals surface area contributed by atoms with Crippen LogP contribution in [0, 0.1) is 0 Å². The van der Waals surface area contributed by atoms with Crippen LogP contribution in [0.4, 0.5) is 0 Å². The molecule has 2 N–H and O–H groups in total. The number of carbonyl (C=O) groups is 5. The molecule has 8 nitrogen and oxygen atoms in total. The summed E-state index contributed by atoms with van der Waals surface area (Å²) >= 11 is 0. The molecule has 0 radical (unpaired) electrons. The predicted octanol–water partition coefficient (Wildman–Crippen LogP) is 1.58. The van der Waals surface area contributed by atoms with E-state index in [1.165, 1.54) is 6.07 Å². The average Bonchev–Trinajstić information content (AvgIpc) is 3.02. The van der Waals surface area contributed by atoms with Crippen LogP contribution in [0.3, 0.4) is 0 Å². The zero-order valence-corrected chi connectivity index (χ0v) is 16.9. The maximum atomic E-state index is 12.9. The minimum absolute atomic E-state index is 0.0698. The third kappa shape index (κ3) is 3.84. The van der Waals surface area contributed by atoms with Crippen LogP contribution in [0.25, 0.3) is 0 Å². The second-order valence-electron chi connectivity index (χ2n) is 7.56. The van der Waals surface area contributed by atoms with Crippen LogP contribution in [-0.2, 0) is 22.6 Å². The van der Waals surface area contributed by atoms with Crippen LogP contribution in [0.15, 0.2) is 42.5 Å². The molecule has 4 rings (SSSR count). The second kappa shape index (κ2) is 8.14. The Morgan fingerprint density at radius 2 is 1.68 bits per heavy atom. The highest BCUT2D eigenvalue weighted by molar-refractivity contribution is 6.23. The first-order valence-corrected chi connectivity index (χ1v) is 10.1. The molecular formula is C23H21N3O5. The molecule has 8 heteroatoms. The normalized spacial score (nSPS) is 18.1. The SMILES string of the molecule is CCc1ccc(C(=O)NCc2ccc3c(c2)C(=O)N(C2CCC(=O)NC2=O)C3=O)cc1. The highest BCUT2D eigenvalue weighted by Gasteiger charge is 2.44. The number of nitrogens with zero attached hydrogens (tertiary/aromatic N) is 1. The first-order chi connectivity index (χ1) is 14.9. The van der Waals surface area contributed by atoms with Crippen LogP contribution in [0.5, 0.6) is 0 Å². The van der Waals surface area contributed by atoms with E-state index in [4.69, 9.17) is 0 Å². The van der Waals surface area contributed by atoms with Crippen molar-refractivity contribution in [2.75, 3.05) is 0 Å². The molecule has 2 heterocycles. The number of hydrogen-bond donors (Lipinski definition) is 2. The average molecular weight is 419 g/mol. The van der Waals surface area contributed by atoms with Crippen molar-refractivity contribution in [3.63, 3.8) is 0 Å². The molecule has 31 heavy (non-hydrogen) atoms. The molecule has 2 aliphatic rings. The van der Waals surface area contributed by atoms with Gasteiger partial charge in [-0.1, -0.05) is 25.1 Å². The molecule has 0 aliphatic carbocycles. The number of aryl methyl sites for hydroxylation is 1. The largest absolute Gasteiger partial charge is 0.348 e. The van der Waals surface area contributed by atoms with Crippen LogP contribution >= 0.6 is 0 Å². The molecule has 2 aromatic carbocycles. The fourth-order valence-electron chi connectivity index (χ4n) is 3.80. The molecule has 0 aromatic heterocycles. The molecular weight excluding hydrogens is 398 g/mol. The summed E-state index contributed by atoms with van der Waals surface area (Å²) in [6.45, 7) is 2.22. The Balaban J connectivity index is 1.47. The number of hydrogen-bond acceptors (Lipinski definition) is 5. The number of benzene rings is 2. The third-order valence-corrected chi connectivity index (χ3v) is 5.58. The maximum Gasteiger partial charge on any atom is 0.262 e. The quantitative estimate of drug-likeness (QED) is 0.715. The topological polar surface area (TPSA) is 113 Å². The first-order valence-electron chi connectivity index (χ1n) is 10.1. The van der Waals surface area contributed by atoms with Gasteiger partial charge in [-0.15, -0.1) is 0 Å². The molecule has 5 amide bonds. The number of imide groups is 2. The Hall–Kier alpha value is -3.81. The van der Waals surface area contributed by atoms with Crippen LogP contribution in [-0.4, -0.2) is 40.5 Å². The highest BCUT2D eigenvalue weighted by atomic mass is 16.2. The Labute approximate surface area is 178 Å². The van der Waals surface area contributed by atoms with E-state index in [1.54, 1.807) is 24.3 Å². The van der Waals surface area contributed by atoms with Gasteiger partial charge in [-0.3, -0.25) is 34.2 Å². The van der Waals surface area contributed by atoms with Gasteiger partial charge in [0.05, 0.1) is 11.1 Å². The summed E-state index contributed by atoms with van der Waals surface area (Å²) in [5.41, 5.74) is 2.73. The van der Waals surface area contributed by atoms with Gasteiger partial charge in [-0.2, -0.15) is 0 Å². The molecule has 1 atom stereocenters. The van der Waals surface area contributed by atoms with Crippen molar-refractivity contribution in [2.24, 2.45) is 0 Å². The van der Waals surface area contributed by atoms with Gasteiger partial charge >= 0.3 is 0 Å². The number of piperidine rings is 1. The van der Waals surface area contributed by atoms with E-state index >= 15 is 0 Å². The van der Waals surface area contributed by atoms with Gasteiger partial charge in [0, 0.05) is 18.5 Å². The van der Waals surface area contributed by atoms with Gasteiger partial charge in [0.15, 0.2) is 0 Å². The molecule has 1 unspecified atom stereocenters. The standard InChI is InChI=1S/C23H21N3O5/c1-2-13-3-6-15(7-4-13)20(28)24-12-14-5-8-16-17(11-14)23(31)26(22(16)30)18-9-10-19(27)25-21(18)29/h3-8,11,18H,2,9-10,12H2,1H3,(H,24,28)(H,25,27,29). The number of nitrogens with one attached hydrogen (secondary N) is 2. The van der Waals surface area contributed by atoms with Crippen molar-refractivity contribution >= 4 is 29.5 Å². The van der Waals surface area contributed by atoms with Crippen LogP contribution < -0.4 is 10.6 Å². The predicted molar refractivity (Wildman–Crippen MR) is 110 cm³/mol. The summed E-state index contributed by atoms with van der Waals surface area (Å²) in [4.78, 5) is 62.4. The van der Waals surface area contributed by atoms with E-state index in [0.29, 0.717) is 11.1 Å². The molecule has 0 bridgehead atoms. The smallest absolute Gasteiger partial charge is 0.262 e. The summed E-state index contributed by atoms with van der Waals surface area (Å²) < 4.78 is 0. The summed E-state index contributed by atoms with van der Waals surface area (Å²) in [6.07, 6.45) is 1.07. The molecule has 1 saturated heterocycles. The summed E-state index contributed by atoms with van der Waals surface area (Å²) in [6, 6.07) is 11.1. The van der Waals surface area contributed by atoms with Crippen molar-refractivity contribution in [1.82, 2.24) is 15.5 Å². The van der Waals surface area contributed by atoms with Gasteiger partial charge < -0.3 is 5.32 Å². The van der Waals surface area contributed by atoms with E-state index in [-0.39, 0.29) is 36.4 Å². The fraction of sp³-hybridized carbons (Fsp3) is 0.261. The lowest BCUT2D eigenvalue weighted by Gasteiger charge is -2.27. The van der Waals surface area contributed by atoms with Gasteiger partial charge in [-0.25, -0.2) is 0 Å². The minimum Gasteiger partial charge on any atom is -0.348 e. The number of carbonyl (C=O) groups excluding carboxylic acids is 5. The first kappa shape index (κ1) is 20.5. The Morgan fingerprint density at radius 3 is 2.35 bits per heavy atom. The lowest BCUT2D eigenvalue weighted by molar-refractivity contribution is -0.136.